The van der Waals surface area contributed by atoms with Gasteiger partial charge in [0.15, 0.2) is 0 Å². The molecule has 0 radical (unpaired) electrons. The third-order valence-electron chi connectivity index (χ3n) is 3.36. The number of hydrogen-bond donors (Lipinski definition) is 2. The lowest BCUT2D eigenvalue weighted by Crippen LogP contribution is -2.52. The first kappa shape index (κ1) is 14.8. The lowest BCUT2D eigenvalue weighted by molar-refractivity contribution is -0.137. The Hall–Kier alpha value is -1.30. The number of likely N-dealkylation sites (tertiary alicyclic amines) is 1. The van der Waals surface area contributed by atoms with Gasteiger partial charge < -0.3 is 20.2 Å². The number of β-amino-alcohol motifs (C(OH)–C–C–N with tert-alkyl or cyclic N) is 1. The van der Waals surface area contributed by atoms with Gasteiger partial charge in [-0.25, -0.2) is 4.79 Å². The molecule has 3 amide bonds. The number of rotatable bonds is 3. The number of urea groups is 1. The number of carbonyl (C=O) groups excluding carboxylic acids is 2. The van der Waals surface area contributed by atoms with Crippen LogP contribution in [0.2, 0.25) is 0 Å². The Labute approximate surface area is 108 Å². The van der Waals surface area contributed by atoms with Gasteiger partial charge in [0.25, 0.3) is 0 Å². The Morgan fingerprint density at radius 2 is 2.11 bits per heavy atom. The van der Waals surface area contributed by atoms with Crippen molar-refractivity contribution in [3.8, 4) is 0 Å². The number of piperidine rings is 1. The summed E-state index contributed by atoms with van der Waals surface area (Å²) in [6.45, 7) is 2.91. The van der Waals surface area contributed by atoms with E-state index in [4.69, 9.17) is 0 Å². The maximum absolute atomic E-state index is 11.9. The van der Waals surface area contributed by atoms with Crippen LogP contribution < -0.4 is 5.32 Å². The zero-order valence-corrected chi connectivity index (χ0v) is 11.4. The third kappa shape index (κ3) is 3.87. The first-order valence-electron chi connectivity index (χ1n) is 6.33. The highest BCUT2D eigenvalue weighted by Gasteiger charge is 2.33. The van der Waals surface area contributed by atoms with Crippen LogP contribution in [0.15, 0.2) is 0 Å². The molecule has 1 saturated heterocycles. The van der Waals surface area contributed by atoms with Gasteiger partial charge in [-0.05, 0) is 19.3 Å². The molecule has 0 aromatic heterocycles. The predicted octanol–water partition coefficient (Wildman–Crippen LogP) is 0.0211. The van der Waals surface area contributed by atoms with Crippen molar-refractivity contribution in [1.82, 2.24) is 15.1 Å². The highest BCUT2D eigenvalue weighted by atomic mass is 16.3. The number of amides is 3. The second-order valence-electron chi connectivity index (χ2n) is 5.05. The van der Waals surface area contributed by atoms with Crippen LogP contribution in [0.25, 0.3) is 0 Å². The molecule has 0 aromatic carbocycles. The summed E-state index contributed by atoms with van der Waals surface area (Å²) in [5.41, 5.74) is -0.764. The molecular weight excluding hydrogens is 234 g/mol. The molecule has 6 nitrogen and oxygen atoms in total. The summed E-state index contributed by atoms with van der Waals surface area (Å²) in [7, 11) is 3.24. The van der Waals surface area contributed by atoms with Crippen LogP contribution in [0.3, 0.4) is 0 Å². The van der Waals surface area contributed by atoms with Crippen molar-refractivity contribution >= 4 is 11.9 Å². The number of nitrogens with one attached hydrogen (secondary N) is 1. The summed E-state index contributed by atoms with van der Waals surface area (Å²) in [5, 5.41) is 12.7. The molecule has 6 heteroatoms. The fraction of sp³-hybridized carbons (Fsp3) is 0.833. The van der Waals surface area contributed by atoms with E-state index < -0.39 is 5.60 Å². The lowest BCUT2D eigenvalue weighted by atomic mass is 9.90. The van der Waals surface area contributed by atoms with Crippen LogP contribution in [0.1, 0.15) is 26.2 Å². The molecule has 1 fully saturated rings. The van der Waals surface area contributed by atoms with Crippen LogP contribution >= 0.6 is 0 Å². The summed E-state index contributed by atoms with van der Waals surface area (Å²) >= 11 is 0. The van der Waals surface area contributed by atoms with Gasteiger partial charge >= 0.3 is 6.03 Å². The maximum atomic E-state index is 11.9. The SMILES string of the molecule is CC[C@@]1(O)CCCN(C(=O)CNC(=O)N(C)C)C1. The molecule has 1 heterocycles. The zero-order valence-electron chi connectivity index (χ0n) is 11.4. The second-order valence-corrected chi connectivity index (χ2v) is 5.05. The van der Waals surface area contributed by atoms with Gasteiger partial charge in [-0.1, -0.05) is 6.92 Å². The van der Waals surface area contributed by atoms with Crippen molar-refractivity contribution in [2.24, 2.45) is 0 Å². The zero-order chi connectivity index (χ0) is 13.8. The summed E-state index contributed by atoms with van der Waals surface area (Å²) in [6.07, 6.45) is 2.18. The largest absolute Gasteiger partial charge is 0.388 e. The van der Waals surface area contributed by atoms with Gasteiger partial charge in [0.2, 0.25) is 5.91 Å². The van der Waals surface area contributed by atoms with Gasteiger partial charge in [-0.2, -0.15) is 0 Å². The van der Waals surface area contributed by atoms with E-state index in [9.17, 15) is 14.7 Å². The fourth-order valence-corrected chi connectivity index (χ4v) is 2.03. The number of nitrogens with zero attached hydrogens (tertiary/aromatic N) is 2. The van der Waals surface area contributed by atoms with Crippen molar-refractivity contribution in [3.05, 3.63) is 0 Å². The Morgan fingerprint density at radius 1 is 1.44 bits per heavy atom. The third-order valence-corrected chi connectivity index (χ3v) is 3.36. The minimum absolute atomic E-state index is 0.0171. The molecule has 0 bridgehead atoms. The molecule has 1 rings (SSSR count). The molecule has 0 saturated carbocycles. The minimum atomic E-state index is -0.764. The molecule has 0 aromatic rings. The van der Waals surface area contributed by atoms with Crippen LogP contribution in [0.5, 0.6) is 0 Å². The topological polar surface area (TPSA) is 72.9 Å². The minimum Gasteiger partial charge on any atom is -0.388 e. The standard InChI is InChI=1S/C12H23N3O3/c1-4-12(18)6-5-7-15(9-12)10(16)8-13-11(17)14(2)3/h18H,4-9H2,1-3H3,(H,13,17)/t12-/m1/s1. The second kappa shape index (κ2) is 6.04. The van der Waals surface area contributed by atoms with Gasteiger partial charge in [0, 0.05) is 27.2 Å². The molecule has 0 spiro atoms. The van der Waals surface area contributed by atoms with E-state index in [1.807, 2.05) is 6.92 Å². The van der Waals surface area contributed by atoms with Crippen LogP contribution in [-0.2, 0) is 4.79 Å². The van der Waals surface area contributed by atoms with Crippen molar-refractivity contribution < 1.29 is 14.7 Å². The number of carbonyl (C=O) groups is 2. The molecule has 1 aliphatic heterocycles. The Balaban J connectivity index is 2.44. The van der Waals surface area contributed by atoms with Crippen molar-refractivity contribution in [3.63, 3.8) is 0 Å². The smallest absolute Gasteiger partial charge is 0.317 e. The normalized spacial score (nSPS) is 23.7. The number of hydrogen-bond acceptors (Lipinski definition) is 3. The molecule has 2 N–H and O–H groups in total. The van der Waals surface area contributed by atoms with E-state index in [-0.39, 0.29) is 18.5 Å². The van der Waals surface area contributed by atoms with E-state index in [0.717, 1.165) is 12.8 Å². The maximum Gasteiger partial charge on any atom is 0.317 e. The van der Waals surface area contributed by atoms with Crippen LogP contribution in [0, 0.1) is 0 Å². The van der Waals surface area contributed by atoms with Crippen molar-refractivity contribution in [1.29, 1.82) is 0 Å². The van der Waals surface area contributed by atoms with E-state index in [1.165, 1.54) is 4.90 Å². The van der Waals surface area contributed by atoms with E-state index in [2.05, 4.69) is 5.32 Å². The van der Waals surface area contributed by atoms with Crippen LogP contribution in [-0.4, -0.2) is 66.2 Å². The Morgan fingerprint density at radius 3 is 2.67 bits per heavy atom. The lowest BCUT2D eigenvalue weighted by Gasteiger charge is -2.38. The van der Waals surface area contributed by atoms with Crippen molar-refractivity contribution in [2.45, 2.75) is 31.8 Å². The van der Waals surface area contributed by atoms with Gasteiger partial charge in [-0.15, -0.1) is 0 Å². The van der Waals surface area contributed by atoms with Crippen molar-refractivity contribution in [2.75, 3.05) is 33.7 Å². The molecule has 1 aliphatic rings. The van der Waals surface area contributed by atoms with Gasteiger partial charge in [0.05, 0.1) is 12.1 Å². The van der Waals surface area contributed by atoms with E-state index in [0.29, 0.717) is 19.5 Å². The van der Waals surface area contributed by atoms with E-state index in [1.54, 1.807) is 19.0 Å². The Kier molecular flexibility index (Phi) is 4.95. The average molecular weight is 257 g/mol. The summed E-state index contributed by atoms with van der Waals surface area (Å²) in [4.78, 5) is 26.2. The molecule has 104 valence electrons. The molecular formula is C12H23N3O3. The molecule has 0 aliphatic carbocycles. The summed E-state index contributed by atoms with van der Waals surface area (Å²) in [6, 6.07) is -0.286. The van der Waals surface area contributed by atoms with Gasteiger partial charge in [-0.3, -0.25) is 4.79 Å². The summed E-state index contributed by atoms with van der Waals surface area (Å²) in [5.74, 6) is -0.142. The molecule has 1 atom stereocenters. The fourth-order valence-electron chi connectivity index (χ4n) is 2.03. The molecule has 18 heavy (non-hydrogen) atoms. The number of aliphatic hydroxyl groups is 1. The predicted molar refractivity (Wildman–Crippen MR) is 68.1 cm³/mol. The highest BCUT2D eigenvalue weighted by molar-refractivity contribution is 5.83. The van der Waals surface area contributed by atoms with Crippen LogP contribution in [0.4, 0.5) is 4.79 Å². The van der Waals surface area contributed by atoms with Gasteiger partial charge in [0.1, 0.15) is 0 Å². The monoisotopic (exact) mass is 257 g/mol. The molecule has 0 unspecified atom stereocenters. The first-order valence-corrected chi connectivity index (χ1v) is 6.33. The Bertz CT molecular complexity index is 320. The average Bonchev–Trinajstić information content (AvgIpc) is 2.35. The highest BCUT2D eigenvalue weighted by Crippen LogP contribution is 2.23. The first-order chi connectivity index (χ1) is 8.38. The quantitative estimate of drug-likeness (QED) is 0.748. The summed E-state index contributed by atoms with van der Waals surface area (Å²) < 4.78 is 0. The van der Waals surface area contributed by atoms with E-state index >= 15 is 0 Å².